The van der Waals surface area contributed by atoms with Crippen LogP contribution in [0.5, 0.6) is 0 Å². The zero-order valence-corrected chi connectivity index (χ0v) is 25.8. The SMILES string of the molecule is Cc1cc(C#N)ccc1C1=CCN(S(=O)(=O)CC2(C(=O)N(O)c3ccccc3)CCN(C(=O)OC[C@@H]3CCCN3)CC2)CC1. The first kappa shape index (κ1) is 31.7. The number of benzene rings is 2. The zero-order chi connectivity index (χ0) is 31.3. The first-order chi connectivity index (χ1) is 21.1. The van der Waals surface area contributed by atoms with Gasteiger partial charge in [-0.1, -0.05) is 30.3 Å². The molecule has 0 aromatic heterocycles. The molecule has 0 unspecified atom stereocenters. The number of carbonyl (C=O) groups is 2. The second-order valence-corrected chi connectivity index (χ2v) is 13.8. The van der Waals surface area contributed by atoms with E-state index in [1.165, 1.54) is 9.21 Å². The van der Waals surface area contributed by atoms with Crippen LogP contribution in [0.4, 0.5) is 10.5 Å². The number of para-hydroxylation sites is 1. The number of nitriles is 1. The highest BCUT2D eigenvalue weighted by molar-refractivity contribution is 7.89. The van der Waals surface area contributed by atoms with Gasteiger partial charge in [0.05, 0.1) is 28.5 Å². The molecular weight excluding hydrogens is 582 g/mol. The van der Waals surface area contributed by atoms with E-state index in [2.05, 4.69) is 11.4 Å². The molecule has 2 saturated heterocycles. The molecule has 2 aromatic carbocycles. The molecule has 234 valence electrons. The molecule has 44 heavy (non-hydrogen) atoms. The summed E-state index contributed by atoms with van der Waals surface area (Å²) in [7, 11) is -3.94. The summed E-state index contributed by atoms with van der Waals surface area (Å²) in [6.45, 7) is 3.73. The van der Waals surface area contributed by atoms with Crippen LogP contribution in [0.15, 0.2) is 54.6 Å². The smallest absolute Gasteiger partial charge is 0.409 e. The molecule has 2 amide bonds. The Kier molecular flexibility index (Phi) is 9.70. The van der Waals surface area contributed by atoms with Crippen LogP contribution in [0, 0.1) is 23.7 Å². The van der Waals surface area contributed by atoms with Crippen LogP contribution in [-0.2, 0) is 19.6 Å². The van der Waals surface area contributed by atoms with Crippen molar-refractivity contribution in [3.05, 3.63) is 71.3 Å². The highest BCUT2D eigenvalue weighted by atomic mass is 32.2. The van der Waals surface area contributed by atoms with Gasteiger partial charge in [-0.05, 0) is 86.5 Å². The summed E-state index contributed by atoms with van der Waals surface area (Å²) in [6.07, 6.45) is 3.97. The Labute approximate surface area is 258 Å². The first-order valence-electron chi connectivity index (χ1n) is 15.0. The average molecular weight is 622 g/mol. The standard InChI is InChI=1S/C32H39N5O6S/c1-24-20-25(21-33)9-10-29(24)26-11-16-36(17-12-26)44(41,42)23-32(30(38)37(40)28-7-3-2-4-8-28)13-18-35(19-14-32)31(39)43-22-27-6-5-15-34-27/h2-4,7-11,20,27,34,40H,5-6,12-19,22-23H2,1H3/t27-/m0/s1. The van der Waals surface area contributed by atoms with Gasteiger partial charge in [-0.15, -0.1) is 0 Å². The van der Waals surface area contributed by atoms with Crippen LogP contribution in [0.2, 0.25) is 0 Å². The molecule has 3 aliphatic rings. The summed E-state index contributed by atoms with van der Waals surface area (Å²) >= 11 is 0. The van der Waals surface area contributed by atoms with E-state index in [4.69, 9.17) is 4.74 Å². The number of hydroxylamine groups is 1. The number of amides is 2. The first-order valence-corrected chi connectivity index (χ1v) is 16.6. The summed E-state index contributed by atoms with van der Waals surface area (Å²) in [5.74, 6) is -1.20. The number of piperidine rings is 1. The number of anilines is 1. The predicted molar refractivity (Wildman–Crippen MR) is 165 cm³/mol. The second-order valence-electron chi connectivity index (χ2n) is 11.8. The number of carbonyl (C=O) groups excluding carboxylic acids is 2. The highest BCUT2D eigenvalue weighted by Crippen LogP contribution is 2.38. The lowest BCUT2D eigenvalue weighted by Gasteiger charge is -2.42. The van der Waals surface area contributed by atoms with Crippen molar-refractivity contribution < 1.29 is 28.0 Å². The van der Waals surface area contributed by atoms with E-state index >= 15 is 0 Å². The molecule has 2 N–H and O–H groups in total. The molecule has 2 fully saturated rings. The summed E-state index contributed by atoms with van der Waals surface area (Å²) in [5.41, 5.74) is 2.30. The summed E-state index contributed by atoms with van der Waals surface area (Å²) < 4.78 is 34.6. The Morgan fingerprint density at radius 1 is 1.16 bits per heavy atom. The Bertz CT molecular complexity index is 1540. The van der Waals surface area contributed by atoms with E-state index in [0.29, 0.717) is 17.0 Å². The monoisotopic (exact) mass is 621 g/mol. The fourth-order valence-electron chi connectivity index (χ4n) is 6.29. The molecule has 0 radical (unpaired) electrons. The quantitative estimate of drug-likeness (QED) is 0.336. The van der Waals surface area contributed by atoms with Crippen LogP contribution < -0.4 is 10.4 Å². The molecule has 0 aliphatic carbocycles. The largest absolute Gasteiger partial charge is 0.448 e. The van der Waals surface area contributed by atoms with Gasteiger partial charge in [0.25, 0.3) is 5.91 Å². The number of likely N-dealkylation sites (tertiary alicyclic amines) is 1. The molecule has 5 rings (SSSR count). The number of rotatable bonds is 8. The number of nitrogens with zero attached hydrogens (tertiary/aromatic N) is 4. The predicted octanol–water partition coefficient (Wildman–Crippen LogP) is 3.68. The number of hydrogen-bond donors (Lipinski definition) is 2. The topological polar surface area (TPSA) is 143 Å². The summed E-state index contributed by atoms with van der Waals surface area (Å²) in [5, 5.41) is 24.0. The maximum atomic E-state index is 13.9. The van der Waals surface area contributed by atoms with Gasteiger partial charge in [0.2, 0.25) is 10.0 Å². The number of aryl methyl sites for hydroxylation is 1. The molecule has 0 saturated carbocycles. The van der Waals surface area contributed by atoms with Gasteiger partial charge in [-0.2, -0.15) is 14.6 Å². The third-order valence-electron chi connectivity index (χ3n) is 8.92. The van der Waals surface area contributed by atoms with Gasteiger partial charge in [0, 0.05) is 32.2 Å². The van der Waals surface area contributed by atoms with E-state index in [-0.39, 0.29) is 57.4 Å². The normalized spacial score (nSPS) is 20.4. The minimum atomic E-state index is -3.94. The fourth-order valence-corrected chi connectivity index (χ4v) is 8.26. The average Bonchev–Trinajstić information content (AvgIpc) is 3.57. The lowest BCUT2D eigenvalue weighted by Crippen LogP contribution is -2.55. The van der Waals surface area contributed by atoms with Crippen LogP contribution >= 0.6 is 0 Å². The van der Waals surface area contributed by atoms with Crippen molar-refractivity contribution in [2.45, 2.75) is 45.1 Å². The number of hydrogen-bond acceptors (Lipinski definition) is 8. The highest BCUT2D eigenvalue weighted by Gasteiger charge is 2.49. The van der Waals surface area contributed by atoms with Crippen LogP contribution in [0.1, 0.15) is 48.8 Å². The second kappa shape index (κ2) is 13.5. The van der Waals surface area contributed by atoms with Crippen molar-refractivity contribution in [1.29, 1.82) is 5.26 Å². The lowest BCUT2D eigenvalue weighted by molar-refractivity contribution is -0.135. The minimum absolute atomic E-state index is 0.0606. The molecule has 11 nitrogen and oxygen atoms in total. The molecule has 12 heteroatoms. The van der Waals surface area contributed by atoms with Gasteiger partial charge in [-0.25, -0.2) is 13.2 Å². The van der Waals surface area contributed by atoms with E-state index in [1.807, 2.05) is 25.1 Å². The Hall–Kier alpha value is -3.76. The molecular formula is C32H39N5O6S. The van der Waals surface area contributed by atoms with Crippen molar-refractivity contribution in [2.75, 3.05) is 50.1 Å². The fraction of sp³-hybridized carbons (Fsp3) is 0.469. The maximum absolute atomic E-state index is 13.9. The van der Waals surface area contributed by atoms with Crippen molar-refractivity contribution in [3.63, 3.8) is 0 Å². The van der Waals surface area contributed by atoms with E-state index in [1.54, 1.807) is 36.4 Å². The van der Waals surface area contributed by atoms with E-state index < -0.39 is 33.2 Å². The molecule has 3 heterocycles. The molecule has 0 spiro atoms. The van der Waals surface area contributed by atoms with Gasteiger partial charge in [-0.3, -0.25) is 10.0 Å². The molecule has 0 bridgehead atoms. The molecule has 2 aromatic rings. The Morgan fingerprint density at radius 2 is 1.91 bits per heavy atom. The Balaban J connectivity index is 1.31. The summed E-state index contributed by atoms with van der Waals surface area (Å²) in [4.78, 5) is 28.2. The van der Waals surface area contributed by atoms with Crippen molar-refractivity contribution in [3.8, 4) is 6.07 Å². The van der Waals surface area contributed by atoms with Gasteiger partial charge in [0.1, 0.15) is 6.61 Å². The van der Waals surface area contributed by atoms with Gasteiger partial charge < -0.3 is 15.0 Å². The Morgan fingerprint density at radius 3 is 2.52 bits per heavy atom. The van der Waals surface area contributed by atoms with Crippen LogP contribution in [0.25, 0.3) is 5.57 Å². The third-order valence-corrected chi connectivity index (χ3v) is 11.0. The van der Waals surface area contributed by atoms with Crippen molar-refractivity contribution in [2.24, 2.45) is 5.41 Å². The number of ether oxygens (including phenoxy) is 1. The maximum Gasteiger partial charge on any atom is 0.409 e. The van der Waals surface area contributed by atoms with Gasteiger partial charge >= 0.3 is 6.09 Å². The van der Waals surface area contributed by atoms with E-state index in [9.17, 15) is 28.5 Å². The minimum Gasteiger partial charge on any atom is -0.448 e. The molecule has 1 atom stereocenters. The van der Waals surface area contributed by atoms with Crippen LogP contribution in [-0.4, -0.2) is 86.0 Å². The lowest BCUT2D eigenvalue weighted by atomic mass is 9.79. The van der Waals surface area contributed by atoms with Gasteiger partial charge in [0.15, 0.2) is 0 Å². The van der Waals surface area contributed by atoms with Crippen molar-refractivity contribution in [1.82, 2.24) is 14.5 Å². The molecule has 3 aliphatic heterocycles. The number of nitrogens with one attached hydrogen (secondary N) is 1. The van der Waals surface area contributed by atoms with Crippen molar-refractivity contribution >= 4 is 33.3 Å². The van der Waals surface area contributed by atoms with E-state index in [0.717, 1.165) is 36.1 Å². The third kappa shape index (κ3) is 6.97. The van der Waals surface area contributed by atoms with Crippen LogP contribution in [0.3, 0.4) is 0 Å². The summed E-state index contributed by atoms with van der Waals surface area (Å²) in [6, 6.07) is 16.0. The number of sulfonamides is 1. The zero-order valence-electron chi connectivity index (χ0n) is 24.9.